The molecule has 42 heavy (non-hydrogen) atoms. The van der Waals surface area contributed by atoms with Crippen LogP contribution in [0.25, 0.3) is 0 Å². The van der Waals surface area contributed by atoms with Gasteiger partial charge >= 0.3 is 11.9 Å². The molecule has 3 heterocycles. The van der Waals surface area contributed by atoms with Crippen LogP contribution < -0.4 is 21.9 Å². The van der Waals surface area contributed by atoms with Crippen molar-refractivity contribution in [2.45, 2.75) is 38.8 Å². The highest BCUT2D eigenvalue weighted by Gasteiger charge is 2.35. The van der Waals surface area contributed by atoms with Crippen LogP contribution in [0.2, 0.25) is 0 Å². The maximum absolute atomic E-state index is 14.9. The van der Waals surface area contributed by atoms with Gasteiger partial charge in [0.15, 0.2) is 0 Å². The summed E-state index contributed by atoms with van der Waals surface area (Å²) in [6.45, 7) is 3.17. The number of benzene rings is 2. The molecule has 1 atom stereocenters. The lowest BCUT2D eigenvalue weighted by atomic mass is 10.1. The van der Waals surface area contributed by atoms with Gasteiger partial charge in [-0.25, -0.2) is 14.2 Å². The minimum Gasteiger partial charge on any atom is -0.363 e. The first-order valence-electron chi connectivity index (χ1n) is 13.5. The molecule has 5 rings (SSSR count). The van der Waals surface area contributed by atoms with Gasteiger partial charge in [0.1, 0.15) is 17.3 Å². The number of nitrogens with one attached hydrogen (secondary N) is 1. The molecule has 1 aliphatic heterocycles. The normalized spacial score (nSPS) is 15.2. The van der Waals surface area contributed by atoms with Gasteiger partial charge in [-0.05, 0) is 24.6 Å². The van der Waals surface area contributed by atoms with Crippen LogP contribution in [0.15, 0.2) is 70.5 Å². The Morgan fingerprint density at radius 2 is 1.69 bits per heavy atom. The second kappa shape index (κ2) is 11.9. The average Bonchev–Trinajstić information content (AvgIpc) is 3.48. The number of hydrogen-bond acceptors (Lipinski definition) is 6. The molecule has 0 spiro atoms. The largest absolute Gasteiger partial charge is 0.416 e. The lowest BCUT2D eigenvalue weighted by molar-refractivity contribution is -0.138. The number of aromatic nitrogens is 4. The van der Waals surface area contributed by atoms with E-state index in [4.69, 9.17) is 5.73 Å². The van der Waals surface area contributed by atoms with E-state index in [0.29, 0.717) is 38.3 Å². The van der Waals surface area contributed by atoms with E-state index < -0.39 is 47.0 Å². The van der Waals surface area contributed by atoms with Crippen LogP contribution in [-0.4, -0.2) is 50.2 Å². The highest BCUT2D eigenvalue weighted by Crippen LogP contribution is 2.33. The van der Waals surface area contributed by atoms with Crippen molar-refractivity contribution in [1.29, 1.82) is 0 Å². The number of piperazine rings is 1. The van der Waals surface area contributed by atoms with E-state index in [1.165, 1.54) is 6.92 Å². The number of nitrogens with zero attached hydrogens (tertiary/aromatic N) is 5. The lowest BCUT2D eigenvalue weighted by Gasteiger charge is -2.36. The van der Waals surface area contributed by atoms with E-state index in [1.807, 2.05) is 4.90 Å². The summed E-state index contributed by atoms with van der Waals surface area (Å²) >= 11 is 0. The average molecular weight is 586 g/mol. The van der Waals surface area contributed by atoms with Crippen molar-refractivity contribution in [3.05, 3.63) is 116 Å². The SMILES string of the molecule is Cc1c(N2CCN(Cc3ncc[nH]3)CC2)c(=O)n(C[C@@H](N)c2ccccc2)c(=O)n1Cc1c(F)cccc1C(F)(F)F. The Morgan fingerprint density at radius 1 is 0.976 bits per heavy atom. The van der Waals surface area contributed by atoms with Gasteiger partial charge in [-0.3, -0.25) is 18.8 Å². The third kappa shape index (κ3) is 6.02. The monoisotopic (exact) mass is 585 g/mol. The van der Waals surface area contributed by atoms with Crippen LogP contribution in [0.3, 0.4) is 0 Å². The van der Waals surface area contributed by atoms with Crippen molar-refractivity contribution in [3.8, 4) is 0 Å². The van der Waals surface area contributed by atoms with E-state index in [1.54, 1.807) is 42.7 Å². The number of rotatable bonds is 8. The van der Waals surface area contributed by atoms with Crippen molar-refractivity contribution in [1.82, 2.24) is 24.0 Å². The van der Waals surface area contributed by atoms with Crippen molar-refractivity contribution in [2.24, 2.45) is 5.73 Å². The predicted octanol–water partition coefficient (Wildman–Crippen LogP) is 3.27. The summed E-state index contributed by atoms with van der Waals surface area (Å²) in [6, 6.07) is 10.8. The first-order valence-corrected chi connectivity index (χ1v) is 13.5. The molecule has 2 aromatic carbocycles. The molecule has 0 aliphatic carbocycles. The first kappa shape index (κ1) is 29.3. The molecule has 13 heteroatoms. The van der Waals surface area contributed by atoms with E-state index in [-0.39, 0.29) is 17.9 Å². The van der Waals surface area contributed by atoms with Crippen molar-refractivity contribution < 1.29 is 17.6 Å². The molecule has 0 bridgehead atoms. The van der Waals surface area contributed by atoms with Gasteiger partial charge in [0.25, 0.3) is 5.56 Å². The van der Waals surface area contributed by atoms with Crippen LogP contribution in [0.1, 0.15) is 34.3 Å². The molecule has 1 saturated heterocycles. The second-order valence-corrected chi connectivity index (χ2v) is 10.3. The Kier molecular flexibility index (Phi) is 8.32. The highest BCUT2D eigenvalue weighted by atomic mass is 19.4. The standard InChI is InChI=1S/C29H31F4N7O2/c1-19-26(38-14-12-37(13-15-38)18-25-35-10-11-36-25)27(41)40(17-24(34)20-6-3-2-4-7-20)28(42)39(19)16-21-22(29(31,32)33)8-5-9-23(21)30/h2-11,24H,12-18,34H2,1H3,(H,35,36)/t24-/m1/s1. The molecule has 1 aliphatic rings. The fraction of sp³-hybridized carbons (Fsp3) is 0.345. The van der Waals surface area contributed by atoms with Crippen molar-refractivity contribution in [3.63, 3.8) is 0 Å². The molecule has 2 aromatic heterocycles. The zero-order valence-corrected chi connectivity index (χ0v) is 22.9. The molecule has 222 valence electrons. The predicted molar refractivity (Wildman–Crippen MR) is 150 cm³/mol. The fourth-order valence-corrected chi connectivity index (χ4v) is 5.37. The van der Waals surface area contributed by atoms with Crippen LogP contribution in [-0.2, 0) is 25.8 Å². The summed E-state index contributed by atoms with van der Waals surface area (Å²) in [5.74, 6) is -0.293. The maximum atomic E-state index is 14.9. The summed E-state index contributed by atoms with van der Waals surface area (Å²) in [5, 5.41) is 0. The molecule has 0 saturated carbocycles. The van der Waals surface area contributed by atoms with E-state index in [2.05, 4.69) is 14.9 Å². The zero-order chi connectivity index (χ0) is 30.0. The molecule has 0 radical (unpaired) electrons. The highest BCUT2D eigenvalue weighted by molar-refractivity contribution is 5.50. The number of imidazole rings is 1. The maximum Gasteiger partial charge on any atom is 0.416 e. The van der Waals surface area contributed by atoms with Crippen LogP contribution in [0, 0.1) is 12.7 Å². The van der Waals surface area contributed by atoms with Crippen LogP contribution >= 0.6 is 0 Å². The third-order valence-corrected chi connectivity index (χ3v) is 7.62. The quantitative estimate of drug-likeness (QED) is 0.308. The van der Waals surface area contributed by atoms with Gasteiger partial charge in [-0.2, -0.15) is 13.2 Å². The van der Waals surface area contributed by atoms with Crippen LogP contribution in [0.4, 0.5) is 23.2 Å². The Balaban J connectivity index is 1.56. The number of aromatic amines is 1. The van der Waals surface area contributed by atoms with Crippen molar-refractivity contribution in [2.75, 3.05) is 31.1 Å². The van der Waals surface area contributed by atoms with Crippen LogP contribution in [0.5, 0.6) is 0 Å². The second-order valence-electron chi connectivity index (χ2n) is 10.3. The van der Waals surface area contributed by atoms with E-state index in [0.717, 1.165) is 33.2 Å². The molecule has 0 amide bonds. The molecule has 0 unspecified atom stereocenters. The topological polar surface area (TPSA) is 105 Å². The zero-order valence-electron chi connectivity index (χ0n) is 22.9. The number of H-pyrrole nitrogens is 1. The Morgan fingerprint density at radius 3 is 2.33 bits per heavy atom. The Labute approximate surface area is 238 Å². The number of halogens is 4. The Bertz CT molecular complexity index is 1640. The van der Waals surface area contributed by atoms with Gasteiger partial charge < -0.3 is 15.6 Å². The van der Waals surface area contributed by atoms with E-state index >= 15 is 0 Å². The number of nitrogens with two attached hydrogens (primary N) is 1. The molecular weight excluding hydrogens is 554 g/mol. The van der Waals surface area contributed by atoms with Gasteiger partial charge in [0.2, 0.25) is 0 Å². The van der Waals surface area contributed by atoms with Gasteiger partial charge in [0, 0.05) is 55.9 Å². The number of hydrogen-bond donors (Lipinski definition) is 2. The number of anilines is 1. The third-order valence-electron chi connectivity index (χ3n) is 7.62. The Hall–Kier alpha value is -4.23. The lowest BCUT2D eigenvalue weighted by Crippen LogP contribution is -2.51. The fourth-order valence-electron chi connectivity index (χ4n) is 5.37. The molecule has 1 fully saturated rings. The molecule has 3 N–H and O–H groups in total. The molecule has 4 aromatic rings. The first-order chi connectivity index (χ1) is 20.0. The van der Waals surface area contributed by atoms with Crippen molar-refractivity contribution >= 4 is 5.69 Å². The summed E-state index contributed by atoms with van der Waals surface area (Å²) in [5.41, 5.74) is 4.08. The molecule has 9 nitrogen and oxygen atoms in total. The molecular formula is C29H31F4N7O2. The summed E-state index contributed by atoms with van der Waals surface area (Å²) < 4.78 is 58.4. The van der Waals surface area contributed by atoms with Gasteiger partial charge in [-0.15, -0.1) is 0 Å². The minimum absolute atomic E-state index is 0.158. The summed E-state index contributed by atoms with van der Waals surface area (Å²) in [6.07, 6.45) is -1.44. The smallest absolute Gasteiger partial charge is 0.363 e. The summed E-state index contributed by atoms with van der Waals surface area (Å²) in [7, 11) is 0. The summed E-state index contributed by atoms with van der Waals surface area (Å²) in [4.78, 5) is 38.9. The minimum atomic E-state index is -4.84. The van der Waals surface area contributed by atoms with Gasteiger partial charge in [-0.1, -0.05) is 36.4 Å². The number of alkyl halides is 3. The van der Waals surface area contributed by atoms with E-state index in [9.17, 15) is 27.2 Å². The van der Waals surface area contributed by atoms with Gasteiger partial charge in [0.05, 0.1) is 25.2 Å².